The summed E-state index contributed by atoms with van der Waals surface area (Å²) in [5, 5.41) is 0. The minimum absolute atomic E-state index is 0.361. The normalized spacial score (nSPS) is 11.1. The molecule has 0 amide bonds. The van der Waals surface area contributed by atoms with Gasteiger partial charge in [-0.3, -0.25) is 19.4 Å². The van der Waals surface area contributed by atoms with Gasteiger partial charge in [0.2, 0.25) is 5.95 Å². The van der Waals surface area contributed by atoms with Gasteiger partial charge in [-0.25, -0.2) is 10.6 Å². The number of aryl methyl sites for hydroxylation is 2. The van der Waals surface area contributed by atoms with E-state index in [0.29, 0.717) is 30.2 Å². The number of anilines is 1. The second-order valence-corrected chi connectivity index (χ2v) is 3.89. The molecule has 0 unspecified atom stereocenters. The Bertz CT molecular complexity index is 708. The quantitative estimate of drug-likeness (QED) is 0.551. The van der Waals surface area contributed by atoms with E-state index in [9.17, 15) is 9.59 Å². The van der Waals surface area contributed by atoms with Crippen LogP contribution in [0, 0.1) is 0 Å². The van der Waals surface area contributed by atoms with E-state index in [1.165, 1.54) is 11.6 Å². The van der Waals surface area contributed by atoms with Crippen LogP contribution in [0.3, 0.4) is 0 Å². The van der Waals surface area contributed by atoms with Crippen molar-refractivity contribution in [3.05, 3.63) is 20.8 Å². The first kappa shape index (κ1) is 12.4. The van der Waals surface area contributed by atoms with Gasteiger partial charge in [0, 0.05) is 20.1 Å². The third-order valence-corrected chi connectivity index (χ3v) is 2.99. The molecule has 0 bridgehead atoms. The molecule has 2 aromatic heterocycles. The maximum absolute atomic E-state index is 12.1. The van der Waals surface area contributed by atoms with Crippen LogP contribution in [0.25, 0.3) is 11.2 Å². The average Bonchev–Trinajstić information content (AvgIpc) is 2.75. The maximum atomic E-state index is 12.1. The van der Waals surface area contributed by atoms with Crippen LogP contribution >= 0.6 is 0 Å². The molecule has 0 spiro atoms. The Balaban J connectivity index is 3.08. The van der Waals surface area contributed by atoms with Gasteiger partial charge in [0.25, 0.3) is 5.56 Å². The zero-order valence-corrected chi connectivity index (χ0v) is 10.6. The molecule has 0 aliphatic rings. The molecule has 0 fully saturated rings. The number of fused-ring (bicyclic) bond motifs is 1. The van der Waals surface area contributed by atoms with Gasteiger partial charge in [-0.2, -0.15) is 4.98 Å². The Morgan fingerprint density at radius 3 is 2.33 bits per heavy atom. The molecule has 8 heteroatoms. The van der Waals surface area contributed by atoms with Crippen molar-refractivity contribution in [2.45, 2.75) is 26.9 Å². The first-order valence-electron chi connectivity index (χ1n) is 5.73. The molecule has 0 atom stereocenters. The fourth-order valence-electron chi connectivity index (χ4n) is 2.06. The lowest BCUT2D eigenvalue weighted by atomic mass is 10.4. The number of nitrogen functional groups attached to an aromatic ring is 1. The molecule has 98 valence electrons. The molecule has 2 aromatic rings. The van der Waals surface area contributed by atoms with Gasteiger partial charge in [-0.05, 0) is 13.8 Å². The lowest BCUT2D eigenvalue weighted by Crippen LogP contribution is -2.38. The van der Waals surface area contributed by atoms with Crippen molar-refractivity contribution < 1.29 is 0 Å². The summed E-state index contributed by atoms with van der Waals surface area (Å²) in [6, 6.07) is 0. The molecule has 3 N–H and O–H groups in total. The molecule has 0 aliphatic carbocycles. The van der Waals surface area contributed by atoms with E-state index < -0.39 is 0 Å². The number of hydrazine groups is 1. The highest BCUT2D eigenvalue weighted by atomic mass is 16.2. The molecule has 0 aromatic carbocycles. The Hall–Kier alpha value is -2.09. The van der Waals surface area contributed by atoms with E-state index in [0.717, 1.165) is 4.57 Å². The number of nitrogens with two attached hydrogens (primary N) is 1. The van der Waals surface area contributed by atoms with Crippen molar-refractivity contribution in [3.8, 4) is 0 Å². The summed E-state index contributed by atoms with van der Waals surface area (Å²) < 4.78 is 4.19. The number of hydrogen-bond acceptors (Lipinski definition) is 5. The van der Waals surface area contributed by atoms with Crippen LogP contribution in [-0.2, 0) is 20.1 Å². The van der Waals surface area contributed by atoms with Crippen molar-refractivity contribution in [1.82, 2.24) is 18.7 Å². The predicted molar refractivity (Wildman–Crippen MR) is 68.4 cm³/mol. The fraction of sp³-hybridized carbons (Fsp3) is 0.500. The molecule has 0 aliphatic heterocycles. The van der Waals surface area contributed by atoms with Crippen molar-refractivity contribution in [2.75, 3.05) is 5.43 Å². The monoisotopic (exact) mass is 252 g/mol. The van der Waals surface area contributed by atoms with Crippen molar-refractivity contribution >= 4 is 17.1 Å². The smallest absolute Gasteiger partial charge is 0.304 e. The summed E-state index contributed by atoms with van der Waals surface area (Å²) in [6.45, 7) is 4.68. The van der Waals surface area contributed by atoms with Crippen LogP contribution in [0.5, 0.6) is 0 Å². The van der Waals surface area contributed by atoms with Crippen LogP contribution < -0.4 is 22.5 Å². The second kappa shape index (κ2) is 4.30. The number of nitrogens with one attached hydrogen (secondary N) is 1. The van der Waals surface area contributed by atoms with Gasteiger partial charge in [-0.1, -0.05) is 0 Å². The van der Waals surface area contributed by atoms with Crippen molar-refractivity contribution in [2.24, 2.45) is 12.9 Å². The highest BCUT2D eigenvalue weighted by molar-refractivity contribution is 5.74. The highest BCUT2D eigenvalue weighted by Gasteiger charge is 2.18. The van der Waals surface area contributed by atoms with Crippen LogP contribution in [-0.4, -0.2) is 18.7 Å². The summed E-state index contributed by atoms with van der Waals surface area (Å²) in [5.74, 6) is 5.75. The van der Waals surface area contributed by atoms with E-state index >= 15 is 0 Å². The van der Waals surface area contributed by atoms with Gasteiger partial charge >= 0.3 is 5.69 Å². The number of aromatic nitrogens is 4. The van der Waals surface area contributed by atoms with E-state index in [-0.39, 0.29) is 11.2 Å². The van der Waals surface area contributed by atoms with Crippen LogP contribution in [0.15, 0.2) is 9.59 Å². The van der Waals surface area contributed by atoms with Gasteiger partial charge in [0.1, 0.15) is 0 Å². The molecule has 0 saturated carbocycles. The van der Waals surface area contributed by atoms with E-state index in [4.69, 9.17) is 5.84 Å². The average molecular weight is 252 g/mol. The topological polar surface area (TPSA) is 99.9 Å². The molecule has 0 radical (unpaired) electrons. The number of rotatable bonds is 3. The minimum Gasteiger partial charge on any atom is -0.304 e. The van der Waals surface area contributed by atoms with Crippen LogP contribution in [0.4, 0.5) is 5.95 Å². The predicted octanol–water partition coefficient (Wildman–Crippen LogP) is -0.778. The molecular formula is C10H16N6O2. The molecule has 2 rings (SSSR count). The van der Waals surface area contributed by atoms with Crippen molar-refractivity contribution in [3.63, 3.8) is 0 Å². The Kier molecular flexibility index (Phi) is 2.95. The minimum atomic E-state index is -0.376. The number of imidazole rings is 1. The van der Waals surface area contributed by atoms with E-state index in [2.05, 4.69) is 10.4 Å². The molecule has 8 nitrogen and oxygen atoms in total. The maximum Gasteiger partial charge on any atom is 0.332 e. The summed E-state index contributed by atoms with van der Waals surface area (Å²) in [6.07, 6.45) is 0. The SMILES string of the molecule is CCn1c(NN)nc2c1c(=O)n(C)c(=O)n2CC. The van der Waals surface area contributed by atoms with Gasteiger partial charge < -0.3 is 4.57 Å². The zero-order valence-electron chi connectivity index (χ0n) is 10.6. The molecule has 2 heterocycles. The lowest BCUT2D eigenvalue weighted by molar-refractivity contribution is 0.649. The summed E-state index contributed by atoms with van der Waals surface area (Å²) >= 11 is 0. The number of hydrogen-bond donors (Lipinski definition) is 2. The highest BCUT2D eigenvalue weighted by Crippen LogP contribution is 2.14. The molecular weight excluding hydrogens is 236 g/mol. The third-order valence-electron chi connectivity index (χ3n) is 2.99. The fourth-order valence-corrected chi connectivity index (χ4v) is 2.06. The Morgan fingerprint density at radius 1 is 1.22 bits per heavy atom. The van der Waals surface area contributed by atoms with Gasteiger partial charge in [0.15, 0.2) is 11.2 Å². The first-order chi connectivity index (χ1) is 8.56. The third kappa shape index (κ3) is 1.46. The standard InChI is InChI=1S/C10H16N6O2/c1-4-15-6-7(12-9(15)13-11)16(5-2)10(18)14(3)8(6)17/h4-5,11H2,1-3H3,(H,12,13). The largest absolute Gasteiger partial charge is 0.332 e. The molecule has 0 saturated heterocycles. The van der Waals surface area contributed by atoms with Gasteiger partial charge in [0.05, 0.1) is 0 Å². The van der Waals surface area contributed by atoms with Gasteiger partial charge in [-0.15, -0.1) is 0 Å². The number of nitrogens with zero attached hydrogens (tertiary/aromatic N) is 4. The first-order valence-corrected chi connectivity index (χ1v) is 5.73. The summed E-state index contributed by atoms with van der Waals surface area (Å²) in [5.41, 5.74) is 2.45. The zero-order chi connectivity index (χ0) is 13.4. The molecule has 18 heavy (non-hydrogen) atoms. The Morgan fingerprint density at radius 2 is 1.83 bits per heavy atom. The summed E-state index contributed by atoms with van der Waals surface area (Å²) in [7, 11) is 1.46. The van der Waals surface area contributed by atoms with Crippen molar-refractivity contribution in [1.29, 1.82) is 0 Å². The van der Waals surface area contributed by atoms with E-state index in [1.54, 1.807) is 4.57 Å². The second-order valence-electron chi connectivity index (χ2n) is 3.89. The lowest BCUT2D eigenvalue weighted by Gasteiger charge is -2.07. The Labute approximate surface area is 103 Å². The van der Waals surface area contributed by atoms with E-state index in [1.807, 2.05) is 13.8 Å². The summed E-state index contributed by atoms with van der Waals surface area (Å²) in [4.78, 5) is 28.3. The van der Waals surface area contributed by atoms with Crippen LogP contribution in [0.2, 0.25) is 0 Å². The van der Waals surface area contributed by atoms with Crippen LogP contribution in [0.1, 0.15) is 13.8 Å².